The van der Waals surface area contributed by atoms with Crippen LogP contribution in [0.15, 0.2) is 51.8 Å². The molecule has 2 aromatic carbocycles. The van der Waals surface area contributed by atoms with Gasteiger partial charge in [-0.1, -0.05) is 34.1 Å². The Balaban J connectivity index is 1.76. The molecular weight excluding hydrogens is 498 g/mol. The number of ether oxygens (including phenoxy) is 3. The van der Waals surface area contributed by atoms with Gasteiger partial charge in [-0.2, -0.15) is 0 Å². The fourth-order valence-corrected chi connectivity index (χ4v) is 4.23. The predicted molar refractivity (Wildman–Crippen MR) is 125 cm³/mol. The van der Waals surface area contributed by atoms with E-state index in [1.165, 1.54) is 4.90 Å². The summed E-state index contributed by atoms with van der Waals surface area (Å²) in [5.41, 5.74) is 1.52. The molecule has 0 bridgehead atoms. The zero-order valence-corrected chi connectivity index (χ0v) is 20.0. The number of esters is 1. The van der Waals surface area contributed by atoms with Crippen LogP contribution in [-0.4, -0.2) is 41.8 Å². The van der Waals surface area contributed by atoms with Crippen molar-refractivity contribution in [3.63, 3.8) is 0 Å². The number of hydrogen-bond donors (Lipinski definition) is 0. The van der Waals surface area contributed by atoms with Crippen LogP contribution in [0.3, 0.4) is 0 Å². The van der Waals surface area contributed by atoms with Crippen LogP contribution in [-0.2, 0) is 20.9 Å². The number of carbonyl (C=O) groups excluding carboxylic acids is 3. The first-order valence-electron chi connectivity index (χ1n) is 9.96. The molecule has 0 unspecified atom stereocenters. The van der Waals surface area contributed by atoms with Gasteiger partial charge in [0.1, 0.15) is 0 Å². The molecule has 0 N–H and O–H groups in total. The van der Waals surface area contributed by atoms with Crippen molar-refractivity contribution < 1.29 is 28.6 Å². The van der Waals surface area contributed by atoms with Gasteiger partial charge in [-0.15, -0.1) is 0 Å². The Morgan fingerprint density at radius 2 is 1.88 bits per heavy atom. The Labute approximate surface area is 198 Å². The molecule has 9 heteroatoms. The van der Waals surface area contributed by atoms with Gasteiger partial charge < -0.3 is 14.2 Å². The standard InChI is InChI=1S/C23H22BrNO6S/c1-3-29-19-11-15(8-9-18(19)31-14-21(26)30-4-2)12-20-22(27)25(23(28)32-20)13-16-6-5-7-17(24)10-16/h5-12H,3-4,13-14H2,1-2H3/b20-12-. The molecule has 7 nitrogen and oxygen atoms in total. The van der Waals surface area contributed by atoms with Crippen molar-refractivity contribution in [1.29, 1.82) is 0 Å². The lowest BCUT2D eigenvalue weighted by Gasteiger charge is -2.13. The quantitative estimate of drug-likeness (QED) is 0.339. The highest BCUT2D eigenvalue weighted by atomic mass is 79.9. The fraction of sp³-hybridized carbons (Fsp3) is 0.261. The molecule has 1 saturated heterocycles. The van der Waals surface area contributed by atoms with E-state index < -0.39 is 5.97 Å². The Bertz CT molecular complexity index is 1050. The van der Waals surface area contributed by atoms with Crippen LogP contribution in [0, 0.1) is 0 Å². The summed E-state index contributed by atoms with van der Waals surface area (Å²) in [5, 5.41) is -0.319. The van der Waals surface area contributed by atoms with E-state index >= 15 is 0 Å². The van der Waals surface area contributed by atoms with Gasteiger partial charge in [0.25, 0.3) is 11.1 Å². The smallest absolute Gasteiger partial charge is 0.344 e. The van der Waals surface area contributed by atoms with Gasteiger partial charge in [0.05, 0.1) is 24.7 Å². The summed E-state index contributed by atoms with van der Waals surface area (Å²) in [6, 6.07) is 12.6. The maximum Gasteiger partial charge on any atom is 0.344 e. The van der Waals surface area contributed by atoms with Crippen molar-refractivity contribution in [3.05, 3.63) is 63.0 Å². The SMILES string of the molecule is CCOC(=O)COc1ccc(/C=C2\SC(=O)N(Cc3cccc(Br)c3)C2=O)cc1OCC. The summed E-state index contributed by atoms with van der Waals surface area (Å²) in [6.45, 7) is 4.18. The third kappa shape index (κ3) is 6.14. The van der Waals surface area contributed by atoms with E-state index in [4.69, 9.17) is 14.2 Å². The summed E-state index contributed by atoms with van der Waals surface area (Å²) < 4.78 is 16.9. The van der Waals surface area contributed by atoms with E-state index in [9.17, 15) is 14.4 Å². The van der Waals surface area contributed by atoms with Crippen LogP contribution in [0.1, 0.15) is 25.0 Å². The molecule has 0 spiro atoms. The minimum absolute atomic E-state index is 0.201. The number of halogens is 1. The summed E-state index contributed by atoms with van der Waals surface area (Å²) in [4.78, 5) is 38.4. The van der Waals surface area contributed by atoms with E-state index in [2.05, 4.69) is 15.9 Å². The van der Waals surface area contributed by atoms with E-state index in [1.54, 1.807) is 31.2 Å². The molecule has 0 aromatic heterocycles. The van der Waals surface area contributed by atoms with Crippen molar-refractivity contribution in [3.8, 4) is 11.5 Å². The first-order chi connectivity index (χ1) is 15.4. The van der Waals surface area contributed by atoms with Crippen molar-refractivity contribution in [1.82, 2.24) is 4.90 Å². The topological polar surface area (TPSA) is 82.1 Å². The number of thioether (sulfide) groups is 1. The molecule has 2 aromatic rings. The largest absolute Gasteiger partial charge is 0.490 e. The Morgan fingerprint density at radius 3 is 2.59 bits per heavy atom. The van der Waals surface area contributed by atoms with E-state index in [0.717, 1.165) is 21.8 Å². The number of rotatable bonds is 9. The first-order valence-corrected chi connectivity index (χ1v) is 11.6. The average molecular weight is 520 g/mol. The molecule has 32 heavy (non-hydrogen) atoms. The van der Waals surface area contributed by atoms with Crippen molar-refractivity contribution >= 4 is 50.9 Å². The van der Waals surface area contributed by atoms with Crippen molar-refractivity contribution in [2.45, 2.75) is 20.4 Å². The van der Waals surface area contributed by atoms with Crippen LogP contribution in [0.2, 0.25) is 0 Å². The second-order valence-corrected chi connectivity index (χ2v) is 8.54. The minimum atomic E-state index is -0.474. The zero-order valence-electron chi connectivity index (χ0n) is 17.6. The minimum Gasteiger partial charge on any atom is -0.490 e. The maximum atomic E-state index is 12.8. The molecule has 3 rings (SSSR count). The molecule has 1 fully saturated rings. The van der Waals surface area contributed by atoms with Crippen molar-refractivity contribution in [2.24, 2.45) is 0 Å². The van der Waals surface area contributed by atoms with Gasteiger partial charge >= 0.3 is 5.97 Å². The van der Waals surface area contributed by atoms with Gasteiger partial charge in [0.15, 0.2) is 18.1 Å². The lowest BCUT2D eigenvalue weighted by Crippen LogP contribution is -2.27. The van der Waals surface area contributed by atoms with E-state index in [0.29, 0.717) is 28.6 Å². The molecule has 168 valence electrons. The monoisotopic (exact) mass is 519 g/mol. The Hall–Kier alpha value is -2.78. The molecule has 1 heterocycles. The summed E-state index contributed by atoms with van der Waals surface area (Å²) in [6.07, 6.45) is 1.64. The van der Waals surface area contributed by atoms with Gasteiger partial charge in [-0.05, 0) is 67.1 Å². The van der Waals surface area contributed by atoms with Gasteiger partial charge in [0, 0.05) is 4.47 Å². The zero-order chi connectivity index (χ0) is 23.1. The average Bonchev–Trinajstić information content (AvgIpc) is 3.01. The van der Waals surface area contributed by atoms with Gasteiger partial charge in [-0.3, -0.25) is 14.5 Å². The molecule has 1 aliphatic rings. The number of carbonyl (C=O) groups is 3. The second-order valence-electron chi connectivity index (χ2n) is 6.63. The van der Waals surface area contributed by atoms with Gasteiger partial charge in [0.2, 0.25) is 0 Å². The lowest BCUT2D eigenvalue weighted by molar-refractivity contribution is -0.145. The molecule has 0 atom stereocenters. The van der Waals surface area contributed by atoms with Crippen LogP contribution in [0.5, 0.6) is 11.5 Å². The van der Waals surface area contributed by atoms with Crippen LogP contribution in [0.25, 0.3) is 6.08 Å². The lowest BCUT2D eigenvalue weighted by atomic mass is 10.1. The number of benzene rings is 2. The third-order valence-electron chi connectivity index (χ3n) is 4.32. The number of imide groups is 1. The Kier molecular flexibility index (Phi) is 8.35. The normalized spacial score (nSPS) is 14.7. The highest BCUT2D eigenvalue weighted by molar-refractivity contribution is 9.10. The summed E-state index contributed by atoms with van der Waals surface area (Å²) in [5.74, 6) is -0.00237. The van der Waals surface area contributed by atoms with E-state index in [-0.39, 0.29) is 30.9 Å². The first kappa shape index (κ1) is 23.9. The van der Waals surface area contributed by atoms with Crippen molar-refractivity contribution in [2.75, 3.05) is 19.8 Å². The molecule has 0 aliphatic carbocycles. The van der Waals surface area contributed by atoms with Crippen LogP contribution in [0.4, 0.5) is 4.79 Å². The highest BCUT2D eigenvalue weighted by Crippen LogP contribution is 2.35. The maximum absolute atomic E-state index is 12.8. The van der Waals surface area contributed by atoms with Crippen LogP contribution >= 0.6 is 27.7 Å². The Morgan fingerprint density at radius 1 is 1.06 bits per heavy atom. The second kappa shape index (κ2) is 11.2. The number of nitrogens with zero attached hydrogens (tertiary/aromatic N) is 1. The molecule has 1 aliphatic heterocycles. The summed E-state index contributed by atoms with van der Waals surface area (Å²) >= 11 is 4.29. The van der Waals surface area contributed by atoms with Gasteiger partial charge in [-0.25, -0.2) is 4.79 Å². The number of hydrogen-bond acceptors (Lipinski definition) is 7. The molecule has 0 radical (unpaired) electrons. The van der Waals surface area contributed by atoms with Crippen LogP contribution < -0.4 is 9.47 Å². The molecule has 2 amide bonds. The van der Waals surface area contributed by atoms with E-state index in [1.807, 2.05) is 31.2 Å². The number of amides is 2. The molecule has 0 saturated carbocycles. The third-order valence-corrected chi connectivity index (χ3v) is 5.72. The predicted octanol–water partition coefficient (Wildman–Crippen LogP) is 5.03. The fourth-order valence-electron chi connectivity index (χ4n) is 2.95. The summed E-state index contributed by atoms with van der Waals surface area (Å²) in [7, 11) is 0. The molecular formula is C23H22BrNO6S. The highest BCUT2D eigenvalue weighted by Gasteiger charge is 2.35.